The second-order valence-corrected chi connectivity index (χ2v) is 4.51. The second-order valence-electron chi connectivity index (χ2n) is 4.08. The van der Waals surface area contributed by atoms with Gasteiger partial charge in [-0.3, -0.25) is 10.1 Å². The molecule has 17 heavy (non-hydrogen) atoms. The summed E-state index contributed by atoms with van der Waals surface area (Å²) in [5, 5.41) is 13.1. The molecule has 0 amide bonds. The molecule has 1 aromatic carbocycles. The van der Waals surface area contributed by atoms with Gasteiger partial charge in [0.15, 0.2) is 0 Å². The van der Waals surface area contributed by atoms with Crippen LogP contribution in [0.15, 0.2) is 24.3 Å². The number of hydrogen-bond donors (Lipinski definition) is 2. The number of carbonyl (C=O) groups is 1. The van der Waals surface area contributed by atoms with Crippen LogP contribution in [0.25, 0.3) is 0 Å². The van der Waals surface area contributed by atoms with Gasteiger partial charge in [-0.2, -0.15) is 0 Å². The molecule has 0 unspecified atom stereocenters. The van der Waals surface area contributed by atoms with Crippen molar-refractivity contribution in [1.29, 1.82) is 0 Å². The fourth-order valence-corrected chi connectivity index (χ4v) is 2.01. The van der Waals surface area contributed by atoms with Gasteiger partial charge in [0.2, 0.25) is 0 Å². The van der Waals surface area contributed by atoms with Gasteiger partial charge in [-0.1, -0.05) is 37.6 Å². The van der Waals surface area contributed by atoms with Crippen LogP contribution in [0.5, 0.6) is 0 Å². The molecule has 1 rings (SSSR count). The van der Waals surface area contributed by atoms with Gasteiger partial charge in [-0.05, 0) is 30.5 Å². The summed E-state index contributed by atoms with van der Waals surface area (Å²) in [5.74, 6) is -0.801. The van der Waals surface area contributed by atoms with Gasteiger partial charge in [0.05, 0.1) is 0 Å². The Balaban J connectivity index is 2.74. The van der Waals surface area contributed by atoms with Gasteiger partial charge >= 0.3 is 5.97 Å². The summed E-state index contributed by atoms with van der Waals surface area (Å²) in [6, 6.07) is 7.43. The lowest BCUT2D eigenvalue weighted by atomic mass is 9.92. The van der Waals surface area contributed by atoms with Crippen LogP contribution in [0, 0.1) is 0 Å². The highest BCUT2D eigenvalue weighted by atomic mass is 35.5. The smallest absolute Gasteiger partial charge is 0.323 e. The first kappa shape index (κ1) is 14.0. The molecule has 2 N–H and O–H groups in total. The fraction of sp³-hybridized carbons (Fsp3) is 0.462. The summed E-state index contributed by atoms with van der Waals surface area (Å²) < 4.78 is 0. The fourth-order valence-electron chi connectivity index (χ4n) is 1.80. The number of carboxylic acid groups (broad SMARTS) is 1. The lowest BCUT2D eigenvalue weighted by Gasteiger charge is -2.28. The van der Waals surface area contributed by atoms with Crippen LogP contribution in [0.1, 0.15) is 32.3 Å². The van der Waals surface area contributed by atoms with Crippen molar-refractivity contribution in [1.82, 2.24) is 5.32 Å². The zero-order valence-electron chi connectivity index (χ0n) is 10.2. The average molecular weight is 256 g/mol. The minimum absolute atomic E-state index is 0.508. The number of nitrogens with one attached hydrogen (secondary N) is 1. The normalized spacial score (nSPS) is 11.5. The van der Waals surface area contributed by atoms with Crippen LogP contribution < -0.4 is 5.32 Å². The van der Waals surface area contributed by atoms with E-state index in [1.807, 2.05) is 32.0 Å². The lowest BCUT2D eigenvalue weighted by Crippen LogP contribution is -2.50. The molecule has 0 bridgehead atoms. The van der Waals surface area contributed by atoms with E-state index in [2.05, 4.69) is 5.32 Å². The number of rotatable bonds is 6. The predicted molar refractivity (Wildman–Crippen MR) is 69.2 cm³/mol. The van der Waals surface area contributed by atoms with Crippen molar-refractivity contribution in [2.75, 3.05) is 0 Å². The number of halogens is 1. The first-order chi connectivity index (χ1) is 8.04. The summed E-state index contributed by atoms with van der Waals surface area (Å²) in [7, 11) is 0. The summed E-state index contributed by atoms with van der Waals surface area (Å²) in [6.07, 6.45) is 1.11. The molecule has 0 aliphatic rings. The third kappa shape index (κ3) is 3.45. The van der Waals surface area contributed by atoms with Crippen molar-refractivity contribution >= 4 is 17.6 Å². The molecule has 0 heterocycles. The van der Waals surface area contributed by atoms with Gasteiger partial charge in [-0.25, -0.2) is 0 Å². The predicted octanol–water partition coefficient (Wildman–Crippen LogP) is 3.07. The maximum atomic E-state index is 11.3. The third-order valence-electron chi connectivity index (χ3n) is 3.14. The minimum atomic E-state index is -0.845. The number of benzene rings is 1. The maximum Gasteiger partial charge on any atom is 0.323 e. The standard InChI is InChI=1S/C13H18ClNO2/c1-3-13(4-2,12(16)17)15-9-10-6-5-7-11(14)8-10/h5-8,15H,3-4,9H2,1-2H3,(H,16,17). The topological polar surface area (TPSA) is 49.3 Å². The van der Waals surface area contributed by atoms with E-state index in [1.165, 1.54) is 0 Å². The summed E-state index contributed by atoms with van der Waals surface area (Å²) in [5.41, 5.74) is 0.146. The lowest BCUT2D eigenvalue weighted by molar-refractivity contribution is -0.145. The third-order valence-corrected chi connectivity index (χ3v) is 3.37. The zero-order chi connectivity index (χ0) is 12.9. The first-order valence-corrected chi connectivity index (χ1v) is 6.14. The first-order valence-electron chi connectivity index (χ1n) is 5.77. The van der Waals surface area contributed by atoms with Crippen LogP contribution >= 0.6 is 11.6 Å². The molecule has 1 aromatic rings. The quantitative estimate of drug-likeness (QED) is 0.821. The Bertz CT molecular complexity index is 389. The molecule has 0 aromatic heterocycles. The van der Waals surface area contributed by atoms with Crippen molar-refractivity contribution in [3.8, 4) is 0 Å². The molecule has 0 aliphatic heterocycles. The largest absolute Gasteiger partial charge is 0.480 e. The van der Waals surface area contributed by atoms with Crippen molar-refractivity contribution in [3.05, 3.63) is 34.9 Å². The maximum absolute atomic E-state index is 11.3. The van der Waals surface area contributed by atoms with Crippen molar-refractivity contribution in [2.45, 2.75) is 38.8 Å². The Morgan fingerprint density at radius 2 is 2.06 bits per heavy atom. The van der Waals surface area contributed by atoms with Crippen molar-refractivity contribution < 1.29 is 9.90 Å². The molecular formula is C13H18ClNO2. The number of carboxylic acids is 1. The van der Waals surface area contributed by atoms with Gasteiger partial charge in [0.25, 0.3) is 0 Å². The van der Waals surface area contributed by atoms with E-state index in [1.54, 1.807) is 6.07 Å². The minimum Gasteiger partial charge on any atom is -0.480 e. The molecule has 3 nitrogen and oxygen atoms in total. The molecule has 0 aliphatic carbocycles. The SMILES string of the molecule is CCC(CC)(NCc1cccc(Cl)c1)C(=O)O. The Kier molecular flexibility index (Phi) is 4.97. The molecule has 0 fully saturated rings. The van der Waals surface area contributed by atoms with Crippen LogP contribution in [0.3, 0.4) is 0 Å². The molecule has 0 atom stereocenters. The molecule has 0 saturated carbocycles. The molecular weight excluding hydrogens is 238 g/mol. The Hall–Kier alpha value is -1.06. The summed E-state index contributed by atoms with van der Waals surface area (Å²) in [4.78, 5) is 11.3. The van der Waals surface area contributed by atoms with E-state index in [9.17, 15) is 9.90 Å². The van der Waals surface area contributed by atoms with E-state index >= 15 is 0 Å². The van der Waals surface area contributed by atoms with E-state index < -0.39 is 11.5 Å². The zero-order valence-corrected chi connectivity index (χ0v) is 10.9. The molecule has 0 spiro atoms. The monoisotopic (exact) mass is 255 g/mol. The molecule has 0 saturated heterocycles. The second kappa shape index (κ2) is 6.03. The average Bonchev–Trinajstić information content (AvgIpc) is 2.31. The molecule has 94 valence electrons. The summed E-state index contributed by atoms with van der Waals surface area (Å²) in [6.45, 7) is 4.26. The van der Waals surface area contributed by atoms with Crippen LogP contribution in [-0.4, -0.2) is 16.6 Å². The van der Waals surface area contributed by atoms with Gasteiger partial charge in [0, 0.05) is 11.6 Å². The molecule has 0 radical (unpaired) electrons. The van der Waals surface area contributed by atoms with Gasteiger partial charge in [0.1, 0.15) is 5.54 Å². The van der Waals surface area contributed by atoms with Crippen LogP contribution in [-0.2, 0) is 11.3 Å². The van der Waals surface area contributed by atoms with Gasteiger partial charge in [-0.15, -0.1) is 0 Å². The van der Waals surface area contributed by atoms with E-state index in [-0.39, 0.29) is 0 Å². The Morgan fingerprint density at radius 1 is 1.41 bits per heavy atom. The molecule has 4 heteroatoms. The van der Waals surface area contributed by atoms with Crippen molar-refractivity contribution in [2.24, 2.45) is 0 Å². The highest BCUT2D eigenvalue weighted by Gasteiger charge is 2.33. The number of aliphatic carboxylic acids is 1. The number of hydrogen-bond acceptors (Lipinski definition) is 2. The van der Waals surface area contributed by atoms with Crippen LogP contribution in [0.4, 0.5) is 0 Å². The Labute approximate surface area is 107 Å². The van der Waals surface area contributed by atoms with E-state index in [0.717, 1.165) is 5.56 Å². The van der Waals surface area contributed by atoms with E-state index in [0.29, 0.717) is 24.4 Å². The van der Waals surface area contributed by atoms with E-state index in [4.69, 9.17) is 11.6 Å². The highest BCUT2D eigenvalue weighted by Crippen LogP contribution is 2.17. The van der Waals surface area contributed by atoms with Crippen molar-refractivity contribution in [3.63, 3.8) is 0 Å². The van der Waals surface area contributed by atoms with Gasteiger partial charge < -0.3 is 5.11 Å². The highest BCUT2D eigenvalue weighted by molar-refractivity contribution is 6.30. The Morgan fingerprint density at radius 3 is 2.53 bits per heavy atom. The van der Waals surface area contributed by atoms with Crippen LogP contribution in [0.2, 0.25) is 5.02 Å². The summed E-state index contributed by atoms with van der Waals surface area (Å²) >= 11 is 5.88.